The van der Waals surface area contributed by atoms with E-state index in [0.29, 0.717) is 38.8 Å². The standard InChI is InChI=1S/C38H48N4O6/c1-26(2)34(36(45)42-21-19-31(20-22-42)41(3)38(47)48-37(46)29-17-11-6-12-18-29)40-35(44)30(23-27-13-7-4-8-14-27)25-33(43)32(39)24-28-15-9-5-10-16-28/h4-18,26,30-34,43H,19-25,39H2,1-3H3,(H,40,44)/t30-,32+,33-,34-/m0/s1. The van der Waals surface area contributed by atoms with E-state index in [1.54, 1.807) is 42.3 Å². The molecule has 256 valence electrons. The Morgan fingerprint density at radius 3 is 1.94 bits per heavy atom. The Morgan fingerprint density at radius 2 is 1.40 bits per heavy atom. The molecule has 0 bridgehead atoms. The lowest BCUT2D eigenvalue weighted by atomic mass is 9.88. The third kappa shape index (κ3) is 10.2. The second-order valence-electron chi connectivity index (χ2n) is 13.0. The van der Waals surface area contributed by atoms with Crippen LogP contribution in [0.25, 0.3) is 0 Å². The maximum Gasteiger partial charge on any atom is 0.417 e. The molecular weight excluding hydrogens is 608 g/mol. The summed E-state index contributed by atoms with van der Waals surface area (Å²) in [4.78, 5) is 55.8. The Balaban J connectivity index is 1.36. The zero-order valence-corrected chi connectivity index (χ0v) is 28.0. The van der Waals surface area contributed by atoms with Crippen LogP contribution in [-0.4, -0.2) is 83.1 Å². The molecule has 0 aliphatic carbocycles. The van der Waals surface area contributed by atoms with Crippen molar-refractivity contribution in [3.05, 3.63) is 108 Å². The van der Waals surface area contributed by atoms with Gasteiger partial charge in [0, 0.05) is 38.1 Å². The van der Waals surface area contributed by atoms with E-state index in [-0.39, 0.29) is 35.8 Å². The highest BCUT2D eigenvalue weighted by molar-refractivity contribution is 5.96. The molecule has 4 rings (SSSR count). The fourth-order valence-electron chi connectivity index (χ4n) is 6.06. The molecule has 4 atom stereocenters. The van der Waals surface area contributed by atoms with Gasteiger partial charge in [0.1, 0.15) is 6.04 Å². The Hall–Kier alpha value is -4.54. The highest BCUT2D eigenvalue weighted by Crippen LogP contribution is 2.22. The number of aliphatic hydroxyl groups is 1. The molecule has 3 aromatic carbocycles. The summed E-state index contributed by atoms with van der Waals surface area (Å²) >= 11 is 0. The van der Waals surface area contributed by atoms with Crippen molar-refractivity contribution >= 4 is 23.9 Å². The molecule has 0 radical (unpaired) electrons. The third-order valence-corrected chi connectivity index (χ3v) is 9.06. The Bertz CT molecular complexity index is 1480. The Labute approximate surface area is 283 Å². The van der Waals surface area contributed by atoms with Gasteiger partial charge in [-0.2, -0.15) is 0 Å². The van der Waals surface area contributed by atoms with Gasteiger partial charge in [-0.1, -0.05) is 92.7 Å². The quantitative estimate of drug-likeness (QED) is 0.185. The van der Waals surface area contributed by atoms with E-state index >= 15 is 0 Å². The van der Waals surface area contributed by atoms with Crippen LogP contribution in [-0.2, 0) is 27.2 Å². The van der Waals surface area contributed by atoms with Gasteiger partial charge in [0.15, 0.2) is 0 Å². The van der Waals surface area contributed by atoms with Crippen molar-refractivity contribution in [3.63, 3.8) is 0 Å². The lowest BCUT2D eigenvalue weighted by Gasteiger charge is -2.38. The molecule has 10 nitrogen and oxygen atoms in total. The van der Waals surface area contributed by atoms with Gasteiger partial charge >= 0.3 is 12.1 Å². The highest BCUT2D eigenvalue weighted by Gasteiger charge is 2.35. The van der Waals surface area contributed by atoms with Gasteiger partial charge in [0.25, 0.3) is 0 Å². The van der Waals surface area contributed by atoms with Gasteiger partial charge in [-0.3, -0.25) is 9.59 Å². The van der Waals surface area contributed by atoms with Crippen LogP contribution in [0.2, 0.25) is 0 Å². The first-order valence-corrected chi connectivity index (χ1v) is 16.7. The largest absolute Gasteiger partial charge is 0.417 e. The fraction of sp³-hybridized carbons (Fsp3) is 0.421. The molecule has 0 aromatic heterocycles. The van der Waals surface area contributed by atoms with Crippen molar-refractivity contribution in [3.8, 4) is 0 Å². The number of benzene rings is 3. The van der Waals surface area contributed by atoms with Crippen LogP contribution < -0.4 is 11.1 Å². The van der Waals surface area contributed by atoms with Gasteiger partial charge in [-0.25, -0.2) is 9.59 Å². The van der Waals surface area contributed by atoms with Crippen LogP contribution in [0.15, 0.2) is 91.0 Å². The van der Waals surface area contributed by atoms with E-state index in [2.05, 4.69) is 5.32 Å². The number of hydrogen-bond donors (Lipinski definition) is 3. The molecular formula is C38H48N4O6. The second-order valence-corrected chi connectivity index (χ2v) is 13.0. The molecule has 1 saturated heterocycles. The monoisotopic (exact) mass is 656 g/mol. The summed E-state index contributed by atoms with van der Waals surface area (Å²) in [6.07, 6.45) is 0.339. The molecule has 3 aromatic rings. The number of carbonyl (C=O) groups is 4. The van der Waals surface area contributed by atoms with Gasteiger partial charge in [-0.15, -0.1) is 0 Å². The molecule has 1 aliphatic heterocycles. The molecule has 0 saturated carbocycles. The normalized spacial score (nSPS) is 16.0. The highest BCUT2D eigenvalue weighted by atomic mass is 16.6. The van der Waals surface area contributed by atoms with Crippen LogP contribution >= 0.6 is 0 Å². The molecule has 4 N–H and O–H groups in total. The second kappa shape index (κ2) is 17.6. The number of esters is 1. The van der Waals surface area contributed by atoms with E-state index in [1.165, 1.54) is 4.90 Å². The number of hydrogen-bond acceptors (Lipinski definition) is 7. The minimum Gasteiger partial charge on any atom is -0.391 e. The lowest BCUT2D eigenvalue weighted by molar-refractivity contribution is -0.140. The number of ether oxygens (including phenoxy) is 1. The number of amides is 3. The van der Waals surface area contributed by atoms with E-state index in [0.717, 1.165) is 11.1 Å². The van der Waals surface area contributed by atoms with E-state index < -0.39 is 36.2 Å². The van der Waals surface area contributed by atoms with Gasteiger partial charge in [0.2, 0.25) is 11.8 Å². The van der Waals surface area contributed by atoms with E-state index in [9.17, 15) is 24.3 Å². The number of nitrogens with two attached hydrogens (primary N) is 1. The number of rotatable bonds is 13. The summed E-state index contributed by atoms with van der Waals surface area (Å²) < 4.78 is 5.07. The molecule has 48 heavy (non-hydrogen) atoms. The minimum absolute atomic E-state index is 0.147. The van der Waals surface area contributed by atoms with E-state index in [4.69, 9.17) is 10.5 Å². The van der Waals surface area contributed by atoms with E-state index in [1.807, 2.05) is 74.5 Å². The summed E-state index contributed by atoms with van der Waals surface area (Å²) in [5.74, 6) is -2.02. The van der Waals surface area contributed by atoms with Crippen molar-refractivity contribution < 1.29 is 29.0 Å². The maximum atomic E-state index is 13.9. The molecule has 0 spiro atoms. The first-order valence-electron chi connectivity index (χ1n) is 16.7. The van der Waals surface area contributed by atoms with Crippen molar-refractivity contribution in [2.24, 2.45) is 17.6 Å². The fourth-order valence-corrected chi connectivity index (χ4v) is 6.06. The average molecular weight is 657 g/mol. The van der Waals surface area contributed by atoms with Gasteiger partial charge < -0.3 is 30.7 Å². The van der Waals surface area contributed by atoms with Crippen molar-refractivity contribution in [2.45, 2.75) is 70.2 Å². The maximum absolute atomic E-state index is 13.9. The number of nitrogens with zero attached hydrogens (tertiary/aromatic N) is 2. The number of piperidine rings is 1. The first kappa shape index (κ1) is 36.3. The number of aliphatic hydroxyl groups excluding tert-OH is 1. The SMILES string of the molecule is CC(C)[C@H](NC(=O)[C@@H](Cc1ccccc1)C[C@H](O)[C@H](N)Cc1ccccc1)C(=O)N1CCC(N(C)C(=O)OC(=O)c2ccccc2)CC1. The molecule has 10 heteroatoms. The lowest BCUT2D eigenvalue weighted by Crippen LogP contribution is -2.56. The first-order chi connectivity index (χ1) is 23.0. The Morgan fingerprint density at radius 1 is 0.875 bits per heavy atom. The van der Waals surface area contributed by atoms with Crippen LogP contribution in [0.4, 0.5) is 4.79 Å². The van der Waals surface area contributed by atoms with Crippen LogP contribution in [0.3, 0.4) is 0 Å². The molecule has 1 fully saturated rings. The average Bonchev–Trinajstić information content (AvgIpc) is 3.10. The molecule has 0 unspecified atom stereocenters. The zero-order chi connectivity index (χ0) is 34.6. The van der Waals surface area contributed by atoms with Crippen molar-refractivity contribution in [2.75, 3.05) is 20.1 Å². The smallest absolute Gasteiger partial charge is 0.391 e. The summed E-state index contributed by atoms with van der Waals surface area (Å²) in [5.41, 5.74) is 8.64. The summed E-state index contributed by atoms with van der Waals surface area (Å²) in [7, 11) is 1.59. The van der Waals surface area contributed by atoms with Crippen LogP contribution in [0, 0.1) is 11.8 Å². The zero-order valence-electron chi connectivity index (χ0n) is 28.0. The Kier molecular flexibility index (Phi) is 13.3. The predicted molar refractivity (Wildman–Crippen MR) is 184 cm³/mol. The topological polar surface area (TPSA) is 142 Å². The number of nitrogens with one attached hydrogen (secondary N) is 1. The van der Waals surface area contributed by atoms with Crippen molar-refractivity contribution in [1.82, 2.24) is 15.1 Å². The van der Waals surface area contributed by atoms with Crippen molar-refractivity contribution in [1.29, 1.82) is 0 Å². The predicted octanol–water partition coefficient (Wildman–Crippen LogP) is 4.21. The number of carbonyl (C=O) groups excluding carboxylic acids is 4. The summed E-state index contributed by atoms with van der Waals surface area (Å²) in [6.45, 7) is 4.54. The molecule has 1 heterocycles. The van der Waals surface area contributed by atoms with Gasteiger partial charge in [0.05, 0.1) is 11.7 Å². The van der Waals surface area contributed by atoms with Crippen LogP contribution in [0.5, 0.6) is 0 Å². The third-order valence-electron chi connectivity index (χ3n) is 9.06. The molecule has 1 aliphatic rings. The summed E-state index contributed by atoms with van der Waals surface area (Å²) in [6, 6.07) is 26.1. The molecule has 3 amide bonds. The van der Waals surface area contributed by atoms with Gasteiger partial charge in [-0.05, 0) is 61.3 Å². The minimum atomic E-state index is -0.927. The number of likely N-dealkylation sites (tertiary alicyclic amines) is 1. The summed E-state index contributed by atoms with van der Waals surface area (Å²) in [5, 5.41) is 14.1. The van der Waals surface area contributed by atoms with Crippen LogP contribution in [0.1, 0.15) is 54.6 Å².